The summed E-state index contributed by atoms with van der Waals surface area (Å²) in [4.78, 5) is 2.46. The van der Waals surface area contributed by atoms with Gasteiger partial charge in [-0.3, -0.25) is 0 Å². The molecule has 1 saturated carbocycles. The summed E-state index contributed by atoms with van der Waals surface area (Å²) < 4.78 is 0. The van der Waals surface area contributed by atoms with Crippen molar-refractivity contribution in [3.63, 3.8) is 0 Å². The molecule has 1 heterocycles. The van der Waals surface area contributed by atoms with Crippen LogP contribution in [0.2, 0.25) is 0 Å². The highest BCUT2D eigenvalue weighted by atomic mass is 16.3. The summed E-state index contributed by atoms with van der Waals surface area (Å²) in [6.07, 6.45) is 4.91. The fourth-order valence-corrected chi connectivity index (χ4v) is 3.95. The SMILES string of the molecule is CCNC1C(CN2CCC(O)C2)CCCC1(C)C. The number of aliphatic hydroxyl groups is 1. The maximum atomic E-state index is 9.64. The van der Waals surface area contributed by atoms with Crippen LogP contribution in [0.15, 0.2) is 0 Å². The molecular formula is C15H30N2O. The molecule has 0 radical (unpaired) electrons. The predicted molar refractivity (Wildman–Crippen MR) is 75.7 cm³/mol. The third-order valence-electron chi connectivity index (χ3n) is 4.87. The van der Waals surface area contributed by atoms with Gasteiger partial charge < -0.3 is 15.3 Å². The van der Waals surface area contributed by atoms with Crippen molar-refractivity contribution in [2.24, 2.45) is 11.3 Å². The molecule has 3 heteroatoms. The number of nitrogens with one attached hydrogen (secondary N) is 1. The first-order valence-electron chi connectivity index (χ1n) is 7.66. The molecule has 0 aromatic rings. The largest absolute Gasteiger partial charge is 0.392 e. The number of hydrogen-bond donors (Lipinski definition) is 2. The van der Waals surface area contributed by atoms with Crippen molar-refractivity contribution < 1.29 is 5.11 Å². The van der Waals surface area contributed by atoms with Gasteiger partial charge in [0.1, 0.15) is 0 Å². The van der Waals surface area contributed by atoms with Crippen LogP contribution < -0.4 is 5.32 Å². The monoisotopic (exact) mass is 254 g/mol. The smallest absolute Gasteiger partial charge is 0.0679 e. The molecule has 1 saturated heterocycles. The summed E-state index contributed by atoms with van der Waals surface area (Å²) in [7, 11) is 0. The first kappa shape index (κ1) is 14.3. The molecule has 0 spiro atoms. The Morgan fingerprint density at radius 2 is 2.11 bits per heavy atom. The minimum absolute atomic E-state index is 0.0841. The Morgan fingerprint density at radius 1 is 1.33 bits per heavy atom. The van der Waals surface area contributed by atoms with Crippen molar-refractivity contribution in [2.75, 3.05) is 26.2 Å². The van der Waals surface area contributed by atoms with E-state index in [4.69, 9.17) is 0 Å². The highest BCUT2D eigenvalue weighted by molar-refractivity contribution is 4.95. The minimum Gasteiger partial charge on any atom is -0.392 e. The third kappa shape index (κ3) is 3.25. The van der Waals surface area contributed by atoms with Gasteiger partial charge in [-0.05, 0) is 37.1 Å². The van der Waals surface area contributed by atoms with E-state index in [9.17, 15) is 5.11 Å². The highest BCUT2D eigenvalue weighted by Crippen LogP contribution is 2.39. The summed E-state index contributed by atoms with van der Waals surface area (Å²) in [5.74, 6) is 0.749. The molecule has 2 N–H and O–H groups in total. The van der Waals surface area contributed by atoms with E-state index >= 15 is 0 Å². The van der Waals surface area contributed by atoms with E-state index < -0.39 is 0 Å². The lowest BCUT2D eigenvalue weighted by atomic mass is 9.67. The Morgan fingerprint density at radius 3 is 2.72 bits per heavy atom. The summed E-state index contributed by atoms with van der Waals surface area (Å²) in [5.41, 5.74) is 0.414. The van der Waals surface area contributed by atoms with E-state index in [0.717, 1.165) is 38.5 Å². The van der Waals surface area contributed by atoms with E-state index in [0.29, 0.717) is 11.5 Å². The number of rotatable bonds is 4. The molecular weight excluding hydrogens is 224 g/mol. The topological polar surface area (TPSA) is 35.5 Å². The fourth-order valence-electron chi connectivity index (χ4n) is 3.95. The molecule has 3 atom stereocenters. The van der Waals surface area contributed by atoms with Gasteiger partial charge in [-0.25, -0.2) is 0 Å². The quantitative estimate of drug-likeness (QED) is 0.804. The third-order valence-corrected chi connectivity index (χ3v) is 4.87. The molecule has 3 nitrogen and oxygen atoms in total. The lowest BCUT2D eigenvalue weighted by Crippen LogP contribution is -2.52. The van der Waals surface area contributed by atoms with E-state index in [-0.39, 0.29) is 6.10 Å². The lowest BCUT2D eigenvalue weighted by Gasteiger charge is -2.45. The molecule has 2 aliphatic rings. The molecule has 0 aromatic carbocycles. The highest BCUT2D eigenvalue weighted by Gasteiger charge is 2.39. The second kappa shape index (κ2) is 5.89. The van der Waals surface area contributed by atoms with Crippen molar-refractivity contribution in [3.05, 3.63) is 0 Å². The molecule has 2 rings (SSSR count). The first-order valence-corrected chi connectivity index (χ1v) is 7.66. The maximum absolute atomic E-state index is 9.64. The summed E-state index contributed by atoms with van der Waals surface area (Å²) in [6, 6.07) is 0.633. The molecule has 3 unspecified atom stereocenters. The molecule has 0 amide bonds. The van der Waals surface area contributed by atoms with Gasteiger partial charge in [-0.2, -0.15) is 0 Å². The summed E-state index contributed by atoms with van der Waals surface area (Å²) in [5, 5.41) is 13.4. The fraction of sp³-hybridized carbons (Fsp3) is 1.00. The average Bonchev–Trinajstić information content (AvgIpc) is 2.69. The van der Waals surface area contributed by atoms with Crippen LogP contribution >= 0.6 is 0 Å². The van der Waals surface area contributed by atoms with Crippen molar-refractivity contribution in [3.8, 4) is 0 Å². The Kier molecular flexibility index (Phi) is 4.68. The minimum atomic E-state index is -0.0841. The Bertz CT molecular complexity index is 267. The molecule has 18 heavy (non-hydrogen) atoms. The molecule has 0 aromatic heterocycles. The van der Waals surface area contributed by atoms with Crippen LogP contribution in [0.1, 0.15) is 46.5 Å². The molecule has 1 aliphatic heterocycles. The average molecular weight is 254 g/mol. The molecule has 2 fully saturated rings. The van der Waals surface area contributed by atoms with Crippen LogP contribution in [-0.4, -0.2) is 48.3 Å². The van der Waals surface area contributed by atoms with Gasteiger partial charge >= 0.3 is 0 Å². The van der Waals surface area contributed by atoms with Gasteiger partial charge in [0.05, 0.1) is 6.10 Å². The molecule has 0 bridgehead atoms. The Hall–Kier alpha value is -0.120. The van der Waals surface area contributed by atoms with Crippen LogP contribution in [0.3, 0.4) is 0 Å². The van der Waals surface area contributed by atoms with Crippen LogP contribution in [-0.2, 0) is 0 Å². The number of nitrogens with zero attached hydrogens (tertiary/aromatic N) is 1. The second-order valence-corrected chi connectivity index (χ2v) is 6.88. The summed E-state index contributed by atoms with van der Waals surface area (Å²) in [6.45, 7) is 11.2. The maximum Gasteiger partial charge on any atom is 0.0679 e. The molecule has 1 aliphatic carbocycles. The second-order valence-electron chi connectivity index (χ2n) is 6.88. The van der Waals surface area contributed by atoms with E-state index in [1.54, 1.807) is 0 Å². The van der Waals surface area contributed by atoms with E-state index in [1.807, 2.05) is 0 Å². The zero-order valence-corrected chi connectivity index (χ0v) is 12.3. The number of likely N-dealkylation sites (tertiary alicyclic amines) is 1. The van der Waals surface area contributed by atoms with E-state index in [1.165, 1.54) is 19.3 Å². The van der Waals surface area contributed by atoms with Crippen molar-refractivity contribution in [2.45, 2.75) is 58.6 Å². The number of hydrogen-bond acceptors (Lipinski definition) is 3. The van der Waals surface area contributed by atoms with Crippen molar-refractivity contribution in [1.82, 2.24) is 10.2 Å². The van der Waals surface area contributed by atoms with Crippen LogP contribution in [0, 0.1) is 11.3 Å². The van der Waals surface area contributed by atoms with Gasteiger partial charge in [-0.1, -0.05) is 27.2 Å². The van der Waals surface area contributed by atoms with Gasteiger partial charge in [0, 0.05) is 25.7 Å². The Balaban J connectivity index is 1.96. The number of aliphatic hydroxyl groups excluding tert-OH is 1. The van der Waals surface area contributed by atoms with Crippen LogP contribution in [0.25, 0.3) is 0 Å². The van der Waals surface area contributed by atoms with Gasteiger partial charge in [0.15, 0.2) is 0 Å². The first-order chi connectivity index (χ1) is 8.53. The predicted octanol–water partition coefficient (Wildman–Crippen LogP) is 1.86. The standard InChI is InChI=1S/C15H30N2O/c1-4-16-14-12(6-5-8-15(14,2)3)10-17-9-7-13(18)11-17/h12-14,16,18H,4-11H2,1-3H3. The van der Waals surface area contributed by atoms with Gasteiger partial charge in [0.2, 0.25) is 0 Å². The van der Waals surface area contributed by atoms with Crippen molar-refractivity contribution in [1.29, 1.82) is 0 Å². The van der Waals surface area contributed by atoms with Gasteiger partial charge in [-0.15, -0.1) is 0 Å². The zero-order chi connectivity index (χ0) is 13.2. The normalized spacial score (nSPS) is 37.0. The number of β-amino-alcohol motifs (C(OH)–C–C–N with tert-alkyl or cyclic N) is 1. The Labute approximate surface area is 112 Å². The van der Waals surface area contributed by atoms with Crippen LogP contribution in [0.5, 0.6) is 0 Å². The molecule has 106 valence electrons. The van der Waals surface area contributed by atoms with Crippen molar-refractivity contribution >= 4 is 0 Å². The van der Waals surface area contributed by atoms with Crippen LogP contribution in [0.4, 0.5) is 0 Å². The van der Waals surface area contributed by atoms with Gasteiger partial charge in [0.25, 0.3) is 0 Å². The lowest BCUT2D eigenvalue weighted by molar-refractivity contribution is 0.0814. The zero-order valence-electron chi connectivity index (χ0n) is 12.3. The van der Waals surface area contributed by atoms with E-state index in [2.05, 4.69) is 31.0 Å². The summed E-state index contributed by atoms with van der Waals surface area (Å²) >= 11 is 0.